The molecule has 1 saturated heterocycles. The van der Waals surface area contributed by atoms with Gasteiger partial charge in [-0.05, 0) is 24.6 Å². The zero-order chi connectivity index (χ0) is 13.1. The molecule has 1 atom stereocenters. The third kappa shape index (κ3) is 2.83. The quantitative estimate of drug-likeness (QED) is 0.886. The first-order valence-electron chi connectivity index (χ1n) is 5.95. The van der Waals surface area contributed by atoms with Crippen LogP contribution in [-0.4, -0.2) is 38.8 Å². The zero-order valence-electron chi connectivity index (χ0n) is 10.6. The lowest BCUT2D eigenvalue weighted by molar-refractivity contribution is -0.131. The van der Waals surface area contributed by atoms with Crippen molar-refractivity contribution in [3.63, 3.8) is 0 Å². The number of halogens is 1. The van der Waals surface area contributed by atoms with Crippen molar-refractivity contribution in [1.29, 1.82) is 0 Å². The smallest absolute Gasteiger partial charge is 0.257 e. The van der Waals surface area contributed by atoms with E-state index in [9.17, 15) is 4.79 Å². The van der Waals surface area contributed by atoms with Crippen LogP contribution in [-0.2, 0) is 9.53 Å². The van der Waals surface area contributed by atoms with Crippen LogP contribution in [0.5, 0.6) is 0 Å². The van der Waals surface area contributed by atoms with Crippen molar-refractivity contribution in [2.45, 2.75) is 13.0 Å². The molecule has 18 heavy (non-hydrogen) atoms. The second-order valence-corrected chi connectivity index (χ2v) is 4.80. The molecule has 1 aromatic rings. The van der Waals surface area contributed by atoms with Gasteiger partial charge < -0.3 is 15.0 Å². The van der Waals surface area contributed by atoms with Gasteiger partial charge >= 0.3 is 0 Å². The topological polar surface area (TPSA) is 41.6 Å². The van der Waals surface area contributed by atoms with Gasteiger partial charge in [-0.1, -0.05) is 17.7 Å². The van der Waals surface area contributed by atoms with E-state index in [1.165, 1.54) is 0 Å². The lowest BCUT2D eigenvalue weighted by atomic mass is 10.2. The van der Waals surface area contributed by atoms with Gasteiger partial charge in [-0.2, -0.15) is 0 Å². The molecule has 0 bridgehead atoms. The van der Waals surface area contributed by atoms with E-state index in [-0.39, 0.29) is 5.91 Å². The number of rotatable bonds is 2. The lowest BCUT2D eigenvalue weighted by Crippen LogP contribution is -2.48. The van der Waals surface area contributed by atoms with Gasteiger partial charge in [0.2, 0.25) is 0 Å². The summed E-state index contributed by atoms with van der Waals surface area (Å²) in [6.45, 7) is 3.85. The van der Waals surface area contributed by atoms with Crippen molar-refractivity contribution in [3.05, 3.63) is 28.8 Å². The number of nitrogens with zero attached hydrogens (tertiary/aromatic N) is 1. The Morgan fingerprint density at radius 2 is 2.33 bits per heavy atom. The molecule has 1 aliphatic heterocycles. The molecule has 1 N–H and O–H groups in total. The second kappa shape index (κ2) is 5.69. The van der Waals surface area contributed by atoms with Crippen LogP contribution < -0.4 is 10.2 Å². The van der Waals surface area contributed by atoms with Crippen LogP contribution in [0.25, 0.3) is 0 Å². The van der Waals surface area contributed by atoms with Gasteiger partial charge in [-0.25, -0.2) is 0 Å². The minimum absolute atomic E-state index is 0.0536. The lowest BCUT2D eigenvalue weighted by Gasteiger charge is -2.27. The number of hydrogen-bond donors (Lipinski definition) is 1. The number of benzene rings is 1. The molecule has 98 valence electrons. The number of likely N-dealkylation sites (N-methyl/N-ethyl adjacent to an activating group) is 1. The molecule has 5 heteroatoms. The highest BCUT2D eigenvalue weighted by molar-refractivity contribution is 6.31. The SMILES string of the molecule is Cc1ccc(N(C)C(=O)C2CNCCO2)cc1Cl. The van der Waals surface area contributed by atoms with Crippen LogP contribution in [0.2, 0.25) is 5.02 Å². The van der Waals surface area contributed by atoms with Crippen molar-refractivity contribution in [2.75, 3.05) is 31.6 Å². The fourth-order valence-corrected chi connectivity index (χ4v) is 2.03. The van der Waals surface area contributed by atoms with Crippen LogP contribution in [0.3, 0.4) is 0 Å². The highest BCUT2D eigenvalue weighted by atomic mass is 35.5. The van der Waals surface area contributed by atoms with Gasteiger partial charge in [-0.15, -0.1) is 0 Å². The fourth-order valence-electron chi connectivity index (χ4n) is 1.86. The largest absolute Gasteiger partial charge is 0.366 e. The number of carbonyl (C=O) groups is 1. The Bertz CT molecular complexity index is 445. The number of amides is 1. The van der Waals surface area contributed by atoms with E-state index in [0.717, 1.165) is 17.8 Å². The number of aryl methyl sites for hydroxylation is 1. The number of hydrogen-bond acceptors (Lipinski definition) is 3. The van der Waals surface area contributed by atoms with Gasteiger partial charge in [0.25, 0.3) is 5.91 Å². The van der Waals surface area contributed by atoms with E-state index in [4.69, 9.17) is 16.3 Å². The fraction of sp³-hybridized carbons (Fsp3) is 0.462. The van der Waals surface area contributed by atoms with Crippen LogP contribution in [0, 0.1) is 6.92 Å². The standard InChI is InChI=1S/C13H17ClN2O2/c1-9-3-4-10(7-11(9)14)16(2)13(17)12-8-15-5-6-18-12/h3-4,7,12,15H,5-6,8H2,1-2H3. The molecule has 1 fully saturated rings. The molecule has 0 aromatic heterocycles. The van der Waals surface area contributed by atoms with Crippen molar-refractivity contribution in [3.8, 4) is 0 Å². The van der Waals surface area contributed by atoms with E-state index in [2.05, 4.69) is 5.32 Å². The minimum Gasteiger partial charge on any atom is -0.366 e. The average Bonchev–Trinajstić information content (AvgIpc) is 2.41. The summed E-state index contributed by atoms with van der Waals surface area (Å²) < 4.78 is 5.45. The van der Waals surface area contributed by atoms with Crippen LogP contribution in [0.4, 0.5) is 5.69 Å². The highest BCUT2D eigenvalue weighted by Crippen LogP contribution is 2.23. The Balaban J connectivity index is 2.11. The van der Waals surface area contributed by atoms with Gasteiger partial charge in [0.05, 0.1) is 6.61 Å². The predicted octanol–water partition coefficient (Wildman–Crippen LogP) is 1.60. The summed E-state index contributed by atoms with van der Waals surface area (Å²) in [6, 6.07) is 5.59. The van der Waals surface area contributed by atoms with Crippen LogP contribution in [0.15, 0.2) is 18.2 Å². The Morgan fingerprint density at radius 3 is 2.94 bits per heavy atom. The highest BCUT2D eigenvalue weighted by Gasteiger charge is 2.25. The first-order chi connectivity index (χ1) is 8.59. The molecular weight excluding hydrogens is 252 g/mol. The molecule has 0 radical (unpaired) electrons. The molecule has 0 saturated carbocycles. The summed E-state index contributed by atoms with van der Waals surface area (Å²) in [7, 11) is 1.74. The molecule has 0 spiro atoms. The van der Waals surface area contributed by atoms with E-state index in [1.807, 2.05) is 19.1 Å². The van der Waals surface area contributed by atoms with Crippen molar-refractivity contribution in [1.82, 2.24) is 5.32 Å². The summed E-state index contributed by atoms with van der Waals surface area (Å²) in [4.78, 5) is 13.8. The molecule has 1 unspecified atom stereocenters. The molecule has 4 nitrogen and oxygen atoms in total. The van der Waals surface area contributed by atoms with Crippen molar-refractivity contribution in [2.24, 2.45) is 0 Å². The Hall–Kier alpha value is -1.10. The third-order valence-corrected chi connectivity index (χ3v) is 3.48. The number of morpholine rings is 1. The van der Waals surface area contributed by atoms with Gasteiger partial charge in [0.15, 0.2) is 0 Å². The summed E-state index contributed by atoms with van der Waals surface area (Å²) in [5, 5.41) is 3.81. The zero-order valence-corrected chi connectivity index (χ0v) is 11.3. The van der Waals surface area contributed by atoms with E-state index >= 15 is 0 Å². The minimum atomic E-state index is -0.413. The second-order valence-electron chi connectivity index (χ2n) is 4.39. The molecule has 1 aliphatic rings. The molecule has 1 amide bonds. The number of carbonyl (C=O) groups excluding carboxylic acids is 1. The maximum atomic E-state index is 12.2. The maximum absolute atomic E-state index is 12.2. The molecule has 1 aromatic carbocycles. The normalized spacial score (nSPS) is 19.6. The summed E-state index contributed by atoms with van der Waals surface area (Å²) >= 11 is 6.07. The molecule has 2 rings (SSSR count). The van der Waals surface area contributed by atoms with Gasteiger partial charge in [-0.3, -0.25) is 4.79 Å². The Morgan fingerprint density at radius 1 is 1.56 bits per heavy atom. The van der Waals surface area contributed by atoms with Gasteiger partial charge in [0.1, 0.15) is 6.10 Å². The van der Waals surface area contributed by atoms with E-state index < -0.39 is 6.10 Å². The third-order valence-electron chi connectivity index (χ3n) is 3.08. The molecular formula is C13H17ClN2O2. The van der Waals surface area contributed by atoms with E-state index in [1.54, 1.807) is 18.0 Å². The average molecular weight is 269 g/mol. The van der Waals surface area contributed by atoms with Crippen molar-refractivity contribution < 1.29 is 9.53 Å². The van der Waals surface area contributed by atoms with E-state index in [0.29, 0.717) is 18.2 Å². The Labute approximate surface area is 112 Å². The predicted molar refractivity (Wildman–Crippen MR) is 72.2 cm³/mol. The monoisotopic (exact) mass is 268 g/mol. The number of anilines is 1. The van der Waals surface area contributed by atoms with Crippen LogP contribution in [0.1, 0.15) is 5.56 Å². The number of nitrogens with one attached hydrogen (secondary N) is 1. The molecule has 0 aliphatic carbocycles. The maximum Gasteiger partial charge on any atom is 0.257 e. The molecule has 1 heterocycles. The van der Waals surface area contributed by atoms with Crippen LogP contribution >= 0.6 is 11.6 Å². The first kappa shape index (κ1) is 13.3. The summed E-state index contributed by atoms with van der Waals surface area (Å²) in [5.74, 6) is -0.0536. The summed E-state index contributed by atoms with van der Waals surface area (Å²) in [5.41, 5.74) is 1.78. The first-order valence-corrected chi connectivity index (χ1v) is 6.33. The summed E-state index contributed by atoms with van der Waals surface area (Å²) in [6.07, 6.45) is -0.413. The van der Waals surface area contributed by atoms with Gasteiger partial charge in [0, 0.05) is 30.8 Å². The Kier molecular flexibility index (Phi) is 4.22. The van der Waals surface area contributed by atoms with Crippen molar-refractivity contribution >= 4 is 23.2 Å². The number of ether oxygens (including phenoxy) is 1.